The van der Waals surface area contributed by atoms with Gasteiger partial charge in [0.05, 0.1) is 24.7 Å². The van der Waals surface area contributed by atoms with Crippen LogP contribution in [0.25, 0.3) is 11.1 Å². The van der Waals surface area contributed by atoms with Gasteiger partial charge in [-0.05, 0) is 98.6 Å². The highest BCUT2D eigenvalue weighted by atomic mass is 19.4. The van der Waals surface area contributed by atoms with Crippen LogP contribution < -0.4 is 4.74 Å². The van der Waals surface area contributed by atoms with Crippen LogP contribution in [0.1, 0.15) is 69.8 Å². The molecular formula is C35H41F7O4. The molecule has 46 heavy (non-hydrogen) atoms. The van der Waals surface area contributed by atoms with Crippen LogP contribution in [0.4, 0.5) is 30.7 Å². The monoisotopic (exact) mass is 658 g/mol. The van der Waals surface area contributed by atoms with Gasteiger partial charge in [-0.2, -0.15) is 17.6 Å². The van der Waals surface area contributed by atoms with Crippen molar-refractivity contribution < 1.29 is 49.7 Å². The summed E-state index contributed by atoms with van der Waals surface area (Å²) in [7, 11) is 0. The molecule has 2 aromatic carbocycles. The van der Waals surface area contributed by atoms with E-state index in [1.165, 1.54) is 68.5 Å². The molecule has 254 valence electrons. The minimum Gasteiger partial charge on any atom is -0.432 e. The molecule has 2 aromatic rings. The topological polar surface area (TPSA) is 36.9 Å². The van der Waals surface area contributed by atoms with Gasteiger partial charge in [-0.15, -0.1) is 19.8 Å². The molecule has 0 radical (unpaired) electrons. The third-order valence-corrected chi connectivity index (χ3v) is 9.82. The summed E-state index contributed by atoms with van der Waals surface area (Å²) in [6, 6.07) is 9.66. The average molecular weight is 659 g/mol. The summed E-state index contributed by atoms with van der Waals surface area (Å²) in [6.45, 7) is 5.14. The van der Waals surface area contributed by atoms with Gasteiger partial charge in [0.25, 0.3) is 0 Å². The molecule has 2 saturated carbocycles. The lowest BCUT2D eigenvalue weighted by Crippen LogP contribution is -2.43. The summed E-state index contributed by atoms with van der Waals surface area (Å²) in [5, 5.41) is 0. The first-order chi connectivity index (χ1) is 21.8. The molecule has 1 saturated heterocycles. The molecule has 0 N–H and O–H groups in total. The van der Waals surface area contributed by atoms with E-state index in [0.29, 0.717) is 49.0 Å². The highest BCUT2D eigenvalue weighted by Crippen LogP contribution is 2.44. The largest absolute Gasteiger partial charge is 0.527 e. The Hall–Kier alpha value is -2.63. The maximum Gasteiger partial charge on any atom is 0.527 e. The summed E-state index contributed by atoms with van der Waals surface area (Å²) in [4.78, 5) is 0. The van der Waals surface area contributed by atoms with Crippen LogP contribution in [0, 0.1) is 29.6 Å². The van der Waals surface area contributed by atoms with E-state index in [4.69, 9.17) is 14.2 Å². The predicted octanol–water partition coefficient (Wildman–Crippen LogP) is 10.5. The maximum absolute atomic E-state index is 15.2. The van der Waals surface area contributed by atoms with Gasteiger partial charge in [0.2, 0.25) is 0 Å². The van der Waals surface area contributed by atoms with Crippen molar-refractivity contribution >= 4 is 0 Å². The first-order valence-corrected chi connectivity index (χ1v) is 16.1. The number of hydrogen-bond acceptors (Lipinski definition) is 4. The Morgan fingerprint density at radius 1 is 0.696 bits per heavy atom. The Kier molecular flexibility index (Phi) is 11.0. The lowest BCUT2D eigenvalue weighted by molar-refractivity contribution is -0.431. The Morgan fingerprint density at radius 3 is 1.78 bits per heavy atom. The van der Waals surface area contributed by atoms with Crippen molar-refractivity contribution in [2.45, 2.75) is 89.1 Å². The molecule has 3 fully saturated rings. The predicted molar refractivity (Wildman–Crippen MR) is 158 cm³/mol. The fourth-order valence-electron chi connectivity index (χ4n) is 7.12. The minimum atomic E-state index is -5.51. The molecule has 1 heterocycles. The van der Waals surface area contributed by atoms with E-state index < -0.39 is 30.1 Å². The van der Waals surface area contributed by atoms with Gasteiger partial charge in [-0.1, -0.05) is 43.2 Å². The van der Waals surface area contributed by atoms with Gasteiger partial charge >= 0.3 is 18.6 Å². The van der Waals surface area contributed by atoms with E-state index >= 15 is 8.78 Å². The maximum atomic E-state index is 15.2. The van der Waals surface area contributed by atoms with E-state index in [9.17, 15) is 22.0 Å². The van der Waals surface area contributed by atoms with Crippen LogP contribution in [0.2, 0.25) is 0 Å². The summed E-state index contributed by atoms with van der Waals surface area (Å²) < 4.78 is 115. The first kappa shape index (κ1) is 34.7. The van der Waals surface area contributed by atoms with Crippen molar-refractivity contribution in [3.8, 4) is 16.9 Å². The normalized spacial score (nSPS) is 28.1. The fraction of sp³-hybridized carbons (Fsp3) is 0.600. The van der Waals surface area contributed by atoms with Crippen molar-refractivity contribution in [2.75, 3.05) is 13.2 Å². The fourth-order valence-corrected chi connectivity index (χ4v) is 7.12. The number of rotatable bonds is 11. The zero-order valence-corrected chi connectivity index (χ0v) is 25.6. The molecule has 0 spiro atoms. The number of alkyl halides is 7. The lowest BCUT2D eigenvalue weighted by atomic mass is 9.74. The highest BCUT2D eigenvalue weighted by molar-refractivity contribution is 5.64. The number of halogens is 7. The Morgan fingerprint density at radius 2 is 1.24 bits per heavy atom. The first-order valence-electron chi connectivity index (χ1n) is 16.1. The molecule has 0 amide bonds. The molecular weight excluding hydrogens is 617 g/mol. The smallest absolute Gasteiger partial charge is 0.432 e. The van der Waals surface area contributed by atoms with Crippen molar-refractivity contribution in [2.24, 2.45) is 29.6 Å². The summed E-state index contributed by atoms with van der Waals surface area (Å²) in [6.07, 6.45) is -3.01. The van der Waals surface area contributed by atoms with Crippen molar-refractivity contribution in [1.82, 2.24) is 0 Å². The zero-order chi connectivity index (χ0) is 33.0. The van der Waals surface area contributed by atoms with Crippen LogP contribution >= 0.6 is 0 Å². The molecule has 5 rings (SSSR count). The molecule has 0 atom stereocenters. The molecule has 0 bridgehead atoms. The summed E-state index contributed by atoms with van der Waals surface area (Å²) >= 11 is 0. The molecule has 0 aromatic heterocycles. The number of benzene rings is 2. The molecule has 4 nitrogen and oxygen atoms in total. The second-order valence-corrected chi connectivity index (χ2v) is 12.9. The van der Waals surface area contributed by atoms with Crippen LogP contribution in [0.15, 0.2) is 61.2 Å². The Bertz CT molecular complexity index is 1240. The van der Waals surface area contributed by atoms with Crippen LogP contribution in [0.5, 0.6) is 5.75 Å². The zero-order valence-electron chi connectivity index (χ0n) is 25.6. The number of hydrogen-bond donors (Lipinski definition) is 0. The third kappa shape index (κ3) is 9.04. The molecule has 1 aliphatic heterocycles. The standard InChI is InChI=1S/C35H41F7O4/c1-2-3-4-23-5-7-26(8-6-23)28-21-43-32(44-22-28)27-11-17-29(18-12-27)33(36,37)45-31-19-13-25(14-20-31)24-9-15-30(16-10-24)34(38,39)46-35(40,41)42/h2,9-10,13-16,19-20,23,26-29,32H,1,3-8,11-12,17-18,21-22H2. The second kappa shape index (κ2) is 14.6. The van der Waals surface area contributed by atoms with Crippen LogP contribution in [-0.2, 0) is 20.3 Å². The van der Waals surface area contributed by atoms with Gasteiger partial charge < -0.3 is 14.2 Å². The van der Waals surface area contributed by atoms with E-state index in [1.54, 1.807) is 0 Å². The van der Waals surface area contributed by atoms with E-state index in [-0.39, 0.29) is 30.8 Å². The van der Waals surface area contributed by atoms with E-state index in [2.05, 4.69) is 11.3 Å². The summed E-state index contributed by atoms with van der Waals surface area (Å²) in [5.41, 5.74) is -0.0940. The molecule has 2 aliphatic carbocycles. The minimum absolute atomic E-state index is 0.0580. The van der Waals surface area contributed by atoms with Gasteiger partial charge in [0.1, 0.15) is 5.75 Å². The van der Waals surface area contributed by atoms with Crippen molar-refractivity contribution in [3.63, 3.8) is 0 Å². The van der Waals surface area contributed by atoms with Crippen LogP contribution in [0.3, 0.4) is 0 Å². The van der Waals surface area contributed by atoms with Gasteiger partial charge in [-0.25, -0.2) is 4.74 Å². The quantitative estimate of drug-likeness (QED) is 0.178. The molecule has 0 unspecified atom stereocenters. The van der Waals surface area contributed by atoms with Crippen LogP contribution in [-0.4, -0.2) is 32.0 Å². The average Bonchev–Trinajstić information content (AvgIpc) is 3.03. The number of allylic oxidation sites excluding steroid dienone is 1. The Balaban J connectivity index is 1.06. The lowest BCUT2D eigenvalue weighted by Gasteiger charge is -2.41. The van der Waals surface area contributed by atoms with E-state index in [1.807, 2.05) is 6.08 Å². The van der Waals surface area contributed by atoms with Gasteiger partial charge in [-0.3, -0.25) is 0 Å². The van der Waals surface area contributed by atoms with Crippen molar-refractivity contribution in [3.05, 3.63) is 66.7 Å². The highest BCUT2D eigenvalue weighted by Gasteiger charge is 2.47. The SMILES string of the molecule is C=CCCC1CCC(C2COC(C3CCC(C(F)(F)Oc4ccc(-c5ccc(C(F)(F)OC(F)(F)F)cc5)cc4)CC3)OC2)CC1. The molecule has 3 aliphatic rings. The second-order valence-electron chi connectivity index (χ2n) is 12.9. The number of ether oxygens (including phenoxy) is 4. The summed E-state index contributed by atoms with van der Waals surface area (Å²) in [5.74, 6) is 0.823. The van der Waals surface area contributed by atoms with Gasteiger partial charge in [0.15, 0.2) is 6.29 Å². The van der Waals surface area contributed by atoms with E-state index in [0.717, 1.165) is 24.5 Å². The van der Waals surface area contributed by atoms with Gasteiger partial charge in [0, 0.05) is 11.8 Å². The molecule has 11 heteroatoms. The Labute approximate surface area is 265 Å². The van der Waals surface area contributed by atoms with Crippen molar-refractivity contribution in [1.29, 1.82) is 0 Å². The third-order valence-electron chi connectivity index (χ3n) is 9.82.